The Kier molecular flexibility index (Phi) is 5.37. The number of fused-ring (bicyclic) bond motifs is 3. The molecule has 1 heterocycles. The molecule has 0 saturated carbocycles. The van der Waals surface area contributed by atoms with Crippen LogP contribution in [-0.4, -0.2) is 37.7 Å². The first kappa shape index (κ1) is 20.2. The number of ketones is 1. The molecule has 2 atom stereocenters. The van der Waals surface area contributed by atoms with Crippen molar-refractivity contribution in [3.05, 3.63) is 70.9 Å². The zero-order chi connectivity index (χ0) is 21.4. The fourth-order valence-corrected chi connectivity index (χ4v) is 4.57. The maximum absolute atomic E-state index is 11.8. The molecule has 5 heteroatoms. The highest BCUT2D eigenvalue weighted by Gasteiger charge is 2.42. The van der Waals surface area contributed by atoms with E-state index in [1.165, 1.54) is 22.4 Å². The number of methoxy groups -OCH3 is 1. The van der Waals surface area contributed by atoms with E-state index in [0.717, 1.165) is 30.0 Å². The van der Waals surface area contributed by atoms with Gasteiger partial charge in [0.15, 0.2) is 5.78 Å². The van der Waals surface area contributed by atoms with E-state index in [0.29, 0.717) is 0 Å². The van der Waals surface area contributed by atoms with Crippen LogP contribution in [0, 0.1) is 5.92 Å². The Labute approximate surface area is 178 Å². The lowest BCUT2D eigenvalue weighted by molar-refractivity contribution is -0.112. The summed E-state index contributed by atoms with van der Waals surface area (Å²) in [6.45, 7) is 3.55. The highest BCUT2D eigenvalue weighted by molar-refractivity contribution is 6.06. The third kappa shape index (κ3) is 3.60. The molecule has 1 aliphatic carbocycles. The molecule has 1 aliphatic heterocycles. The van der Waals surface area contributed by atoms with Crippen LogP contribution in [0.5, 0.6) is 5.75 Å². The highest BCUT2D eigenvalue weighted by Crippen LogP contribution is 2.45. The predicted octanol–water partition coefficient (Wildman–Crippen LogP) is 4.58. The van der Waals surface area contributed by atoms with Crippen molar-refractivity contribution in [2.45, 2.75) is 32.7 Å². The van der Waals surface area contributed by atoms with E-state index in [4.69, 9.17) is 9.84 Å². The van der Waals surface area contributed by atoms with Crippen LogP contribution in [0.25, 0.3) is 0 Å². The van der Waals surface area contributed by atoms with Gasteiger partial charge in [0.25, 0.3) is 0 Å². The van der Waals surface area contributed by atoms with Gasteiger partial charge in [-0.2, -0.15) is 5.10 Å². The first-order valence-corrected chi connectivity index (χ1v) is 10.4. The van der Waals surface area contributed by atoms with E-state index in [-0.39, 0.29) is 17.7 Å². The van der Waals surface area contributed by atoms with Crippen molar-refractivity contribution in [2.75, 3.05) is 26.1 Å². The van der Waals surface area contributed by atoms with E-state index in [2.05, 4.69) is 41.3 Å². The lowest BCUT2D eigenvalue weighted by atomic mass is 9.77. The quantitative estimate of drug-likeness (QED) is 0.686. The number of hydrogen-bond donors (Lipinski definition) is 0. The van der Waals surface area contributed by atoms with Crippen LogP contribution < -0.4 is 9.64 Å². The Morgan fingerprint density at radius 1 is 1.17 bits per heavy atom. The molecule has 5 nitrogen and oxygen atoms in total. The average molecular weight is 404 g/mol. The zero-order valence-corrected chi connectivity index (χ0v) is 18.3. The van der Waals surface area contributed by atoms with Crippen molar-refractivity contribution in [2.24, 2.45) is 11.0 Å². The van der Waals surface area contributed by atoms with Crippen LogP contribution in [-0.2, 0) is 11.2 Å². The molecule has 2 aliphatic rings. The van der Waals surface area contributed by atoms with Crippen LogP contribution in [0.4, 0.5) is 5.69 Å². The first-order valence-electron chi connectivity index (χ1n) is 10.4. The number of anilines is 1. The maximum Gasteiger partial charge on any atom is 0.154 e. The Balaban J connectivity index is 1.80. The van der Waals surface area contributed by atoms with E-state index < -0.39 is 0 Å². The molecule has 156 valence electrons. The molecule has 30 heavy (non-hydrogen) atoms. The van der Waals surface area contributed by atoms with E-state index in [1.807, 2.05) is 32.1 Å². The number of ether oxygens (including phenoxy) is 1. The van der Waals surface area contributed by atoms with E-state index >= 15 is 0 Å². The topological polar surface area (TPSA) is 45.1 Å². The van der Waals surface area contributed by atoms with Crippen LogP contribution in [0.3, 0.4) is 0 Å². The van der Waals surface area contributed by atoms with Gasteiger partial charge < -0.3 is 9.64 Å². The molecule has 0 bridgehead atoms. The average Bonchev–Trinajstić information content (AvgIpc) is 3.13. The molecule has 0 spiro atoms. The van der Waals surface area contributed by atoms with Crippen LogP contribution in [0.1, 0.15) is 43.0 Å². The van der Waals surface area contributed by atoms with E-state index in [1.54, 1.807) is 20.1 Å². The lowest BCUT2D eigenvalue weighted by Gasteiger charge is -2.31. The Morgan fingerprint density at radius 2 is 1.90 bits per heavy atom. The zero-order valence-electron chi connectivity index (χ0n) is 18.3. The number of allylic oxidation sites excluding steroid dienone is 2. The second kappa shape index (κ2) is 7.98. The van der Waals surface area contributed by atoms with Gasteiger partial charge in [0, 0.05) is 43.0 Å². The van der Waals surface area contributed by atoms with Crippen LogP contribution in [0.15, 0.2) is 59.3 Å². The van der Waals surface area contributed by atoms with Crippen LogP contribution >= 0.6 is 0 Å². The minimum Gasteiger partial charge on any atom is -0.497 e. The number of rotatable bonds is 5. The normalized spacial score (nSPS) is 20.4. The SMILES string of the molecule is COc1ccc2c(c1)C1=NN(/C(C)=C/C(C)=O)[C@@H](c3ccc(N(C)C)cc3)[C@@H]1CC2. The molecular formula is C25H29N3O2. The third-order valence-electron chi connectivity index (χ3n) is 6.05. The van der Waals surface area contributed by atoms with Gasteiger partial charge in [0.05, 0.1) is 18.9 Å². The highest BCUT2D eigenvalue weighted by atomic mass is 16.5. The summed E-state index contributed by atoms with van der Waals surface area (Å²) in [5, 5.41) is 7.10. The van der Waals surface area contributed by atoms with Crippen molar-refractivity contribution in [3.63, 3.8) is 0 Å². The van der Waals surface area contributed by atoms with Gasteiger partial charge in [-0.25, -0.2) is 0 Å². The number of hydrogen-bond acceptors (Lipinski definition) is 5. The standard InChI is InChI=1S/C25H29N3O2/c1-16(14-17(2)29)28-25(19-6-10-20(11-7-19)27(3)4)22-13-9-18-8-12-21(30-5)15-23(18)24(22)26-28/h6-8,10-12,14-15,22,25H,9,13H2,1-5H3/b16-14+/t22-,25+/m1/s1. The fourth-order valence-electron chi connectivity index (χ4n) is 4.57. The molecular weight excluding hydrogens is 374 g/mol. The van der Waals surface area contributed by atoms with Gasteiger partial charge in [0.2, 0.25) is 0 Å². The van der Waals surface area contributed by atoms with Gasteiger partial charge >= 0.3 is 0 Å². The minimum absolute atomic E-state index is 0.0337. The van der Waals surface area contributed by atoms with Gasteiger partial charge in [-0.1, -0.05) is 18.2 Å². The van der Waals surface area contributed by atoms with Crippen LogP contribution in [0.2, 0.25) is 0 Å². The summed E-state index contributed by atoms with van der Waals surface area (Å²) in [5.74, 6) is 1.15. The van der Waals surface area contributed by atoms with E-state index in [9.17, 15) is 4.79 Å². The monoisotopic (exact) mass is 403 g/mol. The summed E-state index contributed by atoms with van der Waals surface area (Å²) in [4.78, 5) is 13.9. The largest absolute Gasteiger partial charge is 0.497 e. The summed E-state index contributed by atoms with van der Waals surface area (Å²) in [7, 11) is 5.78. The molecule has 0 saturated heterocycles. The summed E-state index contributed by atoms with van der Waals surface area (Å²) in [5.41, 5.74) is 6.82. The lowest BCUT2D eigenvalue weighted by Crippen LogP contribution is -2.28. The summed E-state index contributed by atoms with van der Waals surface area (Å²) >= 11 is 0. The molecule has 0 unspecified atom stereocenters. The first-order chi connectivity index (χ1) is 14.4. The fraction of sp³-hybridized carbons (Fsp3) is 0.360. The second-order valence-corrected chi connectivity index (χ2v) is 8.33. The van der Waals surface area contributed by atoms with Gasteiger partial charge in [-0.15, -0.1) is 0 Å². The Bertz CT molecular complexity index is 1020. The Morgan fingerprint density at radius 3 is 2.53 bits per heavy atom. The van der Waals surface area contributed by atoms with Crippen molar-refractivity contribution < 1.29 is 9.53 Å². The molecule has 0 fully saturated rings. The van der Waals surface area contributed by atoms with Crippen molar-refractivity contribution in [3.8, 4) is 5.75 Å². The molecule has 2 aromatic rings. The molecule has 0 radical (unpaired) electrons. The number of carbonyl (C=O) groups excluding carboxylic acids is 1. The van der Waals surface area contributed by atoms with Crippen molar-refractivity contribution in [1.82, 2.24) is 5.01 Å². The molecule has 0 N–H and O–H groups in total. The molecule has 4 rings (SSSR count). The van der Waals surface area contributed by atoms with Crippen molar-refractivity contribution >= 4 is 17.2 Å². The minimum atomic E-state index is 0.0337. The maximum atomic E-state index is 11.8. The number of hydrazone groups is 1. The molecule has 0 aromatic heterocycles. The summed E-state index contributed by atoms with van der Waals surface area (Å²) in [6, 6.07) is 15.0. The number of aryl methyl sites for hydroxylation is 1. The smallest absolute Gasteiger partial charge is 0.154 e. The van der Waals surface area contributed by atoms with Gasteiger partial charge in [-0.3, -0.25) is 9.80 Å². The summed E-state index contributed by atoms with van der Waals surface area (Å²) < 4.78 is 5.47. The van der Waals surface area contributed by atoms with Gasteiger partial charge in [0.1, 0.15) is 5.75 Å². The molecule has 0 amide bonds. The Hall–Kier alpha value is -3.08. The number of benzene rings is 2. The van der Waals surface area contributed by atoms with Crippen molar-refractivity contribution in [1.29, 1.82) is 0 Å². The van der Waals surface area contributed by atoms with Gasteiger partial charge in [-0.05, 0) is 62.1 Å². The third-order valence-corrected chi connectivity index (χ3v) is 6.05. The number of carbonyl (C=O) groups is 1. The number of nitrogens with zero attached hydrogens (tertiary/aromatic N) is 3. The summed E-state index contributed by atoms with van der Waals surface area (Å²) in [6.07, 6.45) is 3.72. The predicted molar refractivity (Wildman–Crippen MR) is 121 cm³/mol. The second-order valence-electron chi connectivity index (χ2n) is 8.33. The molecule has 2 aromatic carbocycles.